The Morgan fingerprint density at radius 2 is 1.83 bits per heavy atom. The van der Waals surface area contributed by atoms with Gasteiger partial charge in [0.2, 0.25) is 5.91 Å². The fourth-order valence-electron chi connectivity index (χ4n) is 5.24. The molecule has 0 radical (unpaired) electrons. The highest BCUT2D eigenvalue weighted by molar-refractivity contribution is 7.10. The van der Waals surface area contributed by atoms with Gasteiger partial charge in [0, 0.05) is 48.0 Å². The number of halogens is 4. The summed E-state index contributed by atoms with van der Waals surface area (Å²) in [5, 5.41) is 13.6. The highest BCUT2D eigenvalue weighted by Gasteiger charge is 2.32. The summed E-state index contributed by atoms with van der Waals surface area (Å²) in [4.78, 5) is 37.6. The average molecular weight is 605 g/mol. The first-order chi connectivity index (χ1) is 20.3. The smallest absolute Gasteiger partial charge is 0.282 e. The third kappa shape index (κ3) is 6.03. The molecule has 2 aliphatic heterocycles. The number of likely N-dealkylation sites (tertiary alicyclic amines) is 1. The van der Waals surface area contributed by atoms with E-state index >= 15 is 0 Å². The molecule has 0 bridgehead atoms. The lowest BCUT2D eigenvalue weighted by molar-refractivity contribution is -0.133. The molecule has 1 saturated carbocycles. The van der Waals surface area contributed by atoms with E-state index in [1.165, 1.54) is 11.3 Å². The first-order valence-corrected chi connectivity index (χ1v) is 14.6. The molecule has 14 heteroatoms. The zero-order valence-electron chi connectivity index (χ0n) is 22.4. The van der Waals surface area contributed by atoms with E-state index in [4.69, 9.17) is 9.82 Å². The van der Waals surface area contributed by atoms with E-state index in [2.05, 4.69) is 15.6 Å². The fourth-order valence-corrected chi connectivity index (χ4v) is 6.24. The zero-order chi connectivity index (χ0) is 29.4. The van der Waals surface area contributed by atoms with Gasteiger partial charge in [0.15, 0.2) is 6.10 Å². The molecule has 3 aromatic rings. The van der Waals surface area contributed by atoms with Gasteiger partial charge in [0.1, 0.15) is 23.6 Å². The molecule has 9 nitrogen and oxygen atoms in total. The van der Waals surface area contributed by atoms with Crippen LogP contribution in [0.3, 0.4) is 0 Å². The summed E-state index contributed by atoms with van der Waals surface area (Å²) in [6.45, 7) is 0.249. The highest BCUT2D eigenvalue weighted by atomic mass is 32.1. The van der Waals surface area contributed by atoms with E-state index < -0.39 is 42.8 Å². The van der Waals surface area contributed by atoms with Crippen LogP contribution < -0.4 is 5.32 Å². The second-order valence-electron chi connectivity index (χ2n) is 10.7. The number of benzene rings is 1. The molecule has 6 rings (SSSR count). The van der Waals surface area contributed by atoms with Gasteiger partial charge in [0.25, 0.3) is 18.8 Å². The maximum Gasteiger partial charge on any atom is 0.282 e. The van der Waals surface area contributed by atoms with Crippen LogP contribution in [0.1, 0.15) is 95.0 Å². The first kappa shape index (κ1) is 28.3. The zero-order valence-corrected chi connectivity index (χ0v) is 23.2. The molecular formula is C28H28F4N6O3S. The molecule has 1 aromatic carbocycles. The molecule has 42 heavy (non-hydrogen) atoms. The van der Waals surface area contributed by atoms with Gasteiger partial charge in [-0.05, 0) is 37.8 Å². The fraction of sp³-hybridized carbons (Fsp3) is 0.464. The quantitative estimate of drug-likeness (QED) is 0.331. The maximum atomic E-state index is 13.3. The number of alkyl halides is 4. The molecule has 1 aliphatic carbocycles. The van der Waals surface area contributed by atoms with Crippen LogP contribution in [0.4, 0.5) is 17.6 Å². The number of nitrogens with one attached hydrogen (secondary N) is 1. The van der Waals surface area contributed by atoms with Crippen molar-refractivity contribution in [3.05, 3.63) is 68.9 Å². The molecule has 222 valence electrons. The lowest BCUT2D eigenvalue weighted by Gasteiger charge is -2.31. The number of carbonyl (C=O) groups is 2. The van der Waals surface area contributed by atoms with Gasteiger partial charge in [-0.1, -0.05) is 23.4 Å². The Bertz CT molecular complexity index is 1500. The van der Waals surface area contributed by atoms with E-state index in [1.807, 2.05) is 23.6 Å². The number of nitrogens with zero attached hydrogens (tertiary/aromatic N) is 5. The molecular weight excluding hydrogens is 576 g/mol. The Labute approximate surface area is 242 Å². The van der Waals surface area contributed by atoms with Crippen molar-refractivity contribution < 1.29 is 32.0 Å². The van der Waals surface area contributed by atoms with E-state index in [1.54, 1.807) is 11.0 Å². The number of rotatable bonds is 9. The topological polar surface area (TPSA) is 102 Å². The van der Waals surface area contributed by atoms with Crippen molar-refractivity contribution in [3.63, 3.8) is 0 Å². The Kier molecular flexibility index (Phi) is 7.97. The number of amides is 2. The predicted molar refractivity (Wildman–Crippen MR) is 145 cm³/mol. The molecule has 1 N–H and O–H groups in total. The standard InChI is InChI=1S/C28H28F4N6O3S/c29-25(30)20-11-22(26(31)32)38(35-20)13-24(39)37-9-7-15(8-10-37)28-34-21(14-42-28)19-12-23(41-36-19)17-3-1-2-4-18(17)27(40)33-16-5-6-16/h1-4,11,14-16,23,25-26H,5-10,12-13H2,(H,33,40). The SMILES string of the molecule is O=C(NC1CC1)c1ccccc1C1CC(c2csc(C3CCN(C(=O)Cn4nc(C(F)F)cc4C(F)F)CC3)n2)=NO1. The number of thiazole rings is 1. The van der Waals surface area contributed by atoms with Crippen LogP contribution in [0.15, 0.2) is 40.9 Å². The second-order valence-corrected chi connectivity index (χ2v) is 11.5. The van der Waals surface area contributed by atoms with E-state index in [0.29, 0.717) is 60.1 Å². The van der Waals surface area contributed by atoms with Crippen molar-refractivity contribution in [3.8, 4) is 0 Å². The normalized spacial score (nSPS) is 19.3. The summed E-state index contributed by atoms with van der Waals surface area (Å²) in [5.41, 5.74) is 1.30. The minimum Gasteiger partial charge on any atom is -0.387 e. The molecule has 2 amide bonds. The Balaban J connectivity index is 1.04. The van der Waals surface area contributed by atoms with Gasteiger partial charge in [0.05, 0.1) is 10.7 Å². The second kappa shape index (κ2) is 11.8. The van der Waals surface area contributed by atoms with E-state index in [9.17, 15) is 27.2 Å². The molecule has 1 atom stereocenters. The van der Waals surface area contributed by atoms with Crippen LogP contribution in [0.25, 0.3) is 0 Å². The molecule has 2 aromatic heterocycles. The van der Waals surface area contributed by atoms with Gasteiger partial charge >= 0.3 is 0 Å². The van der Waals surface area contributed by atoms with Crippen LogP contribution in [-0.4, -0.2) is 56.3 Å². The van der Waals surface area contributed by atoms with Crippen LogP contribution in [0.5, 0.6) is 0 Å². The number of hydrogen-bond acceptors (Lipinski definition) is 7. The summed E-state index contributed by atoms with van der Waals surface area (Å²) in [6.07, 6.45) is -2.69. The van der Waals surface area contributed by atoms with Crippen LogP contribution in [-0.2, 0) is 16.2 Å². The van der Waals surface area contributed by atoms with Crippen LogP contribution in [0.2, 0.25) is 0 Å². The number of hydrogen-bond donors (Lipinski definition) is 1. The largest absolute Gasteiger partial charge is 0.387 e. The lowest BCUT2D eigenvalue weighted by Crippen LogP contribution is -2.40. The third-order valence-corrected chi connectivity index (χ3v) is 8.72. The molecule has 1 saturated heterocycles. The minimum atomic E-state index is -3.02. The number of oxime groups is 1. The summed E-state index contributed by atoms with van der Waals surface area (Å²) < 4.78 is 53.1. The van der Waals surface area contributed by atoms with E-state index in [-0.39, 0.29) is 17.9 Å². The maximum absolute atomic E-state index is 13.3. The molecule has 0 spiro atoms. The number of aromatic nitrogens is 3. The van der Waals surface area contributed by atoms with Crippen molar-refractivity contribution >= 4 is 28.9 Å². The summed E-state index contributed by atoms with van der Waals surface area (Å²) >= 11 is 1.50. The summed E-state index contributed by atoms with van der Waals surface area (Å²) in [5.74, 6) is -0.457. The van der Waals surface area contributed by atoms with Crippen LogP contribution >= 0.6 is 11.3 Å². The molecule has 2 fully saturated rings. The predicted octanol–water partition coefficient (Wildman–Crippen LogP) is 5.38. The lowest BCUT2D eigenvalue weighted by atomic mass is 9.97. The monoisotopic (exact) mass is 604 g/mol. The van der Waals surface area contributed by atoms with Crippen LogP contribution in [0, 0.1) is 0 Å². The van der Waals surface area contributed by atoms with Crippen molar-refractivity contribution in [1.29, 1.82) is 0 Å². The van der Waals surface area contributed by atoms with Crippen molar-refractivity contribution in [2.45, 2.75) is 69.6 Å². The van der Waals surface area contributed by atoms with Gasteiger partial charge in [-0.2, -0.15) is 5.10 Å². The van der Waals surface area contributed by atoms with Crippen molar-refractivity contribution in [2.24, 2.45) is 5.16 Å². The molecule has 1 unspecified atom stereocenters. The number of carbonyl (C=O) groups excluding carboxylic acids is 2. The summed E-state index contributed by atoms with van der Waals surface area (Å²) in [7, 11) is 0. The summed E-state index contributed by atoms with van der Waals surface area (Å²) in [6, 6.07) is 8.26. The Morgan fingerprint density at radius 3 is 2.55 bits per heavy atom. The van der Waals surface area contributed by atoms with Gasteiger partial charge < -0.3 is 15.1 Å². The minimum absolute atomic E-state index is 0.102. The van der Waals surface area contributed by atoms with Gasteiger partial charge in [-0.15, -0.1) is 11.3 Å². The Hall–Kier alpha value is -3.81. The van der Waals surface area contributed by atoms with Gasteiger partial charge in [-0.25, -0.2) is 22.5 Å². The molecule has 4 heterocycles. The first-order valence-electron chi connectivity index (χ1n) is 13.8. The van der Waals surface area contributed by atoms with Gasteiger partial charge in [-0.3, -0.25) is 14.3 Å². The van der Waals surface area contributed by atoms with Crippen molar-refractivity contribution in [1.82, 2.24) is 25.0 Å². The van der Waals surface area contributed by atoms with E-state index in [0.717, 1.165) is 23.4 Å². The third-order valence-electron chi connectivity index (χ3n) is 7.71. The highest BCUT2D eigenvalue weighted by Crippen LogP contribution is 2.35. The number of piperidine rings is 1. The molecule has 3 aliphatic rings. The van der Waals surface area contributed by atoms with Crippen molar-refractivity contribution in [2.75, 3.05) is 13.1 Å². The average Bonchev–Trinajstić information content (AvgIpc) is 3.37. The Morgan fingerprint density at radius 1 is 1.07 bits per heavy atom.